The van der Waals surface area contributed by atoms with Crippen molar-refractivity contribution >= 4 is 29.3 Å². The van der Waals surface area contributed by atoms with Gasteiger partial charge in [-0.15, -0.1) is 0 Å². The zero-order chi connectivity index (χ0) is 25.3. The molecule has 1 atom stereocenters. The monoisotopic (exact) mass is 499 g/mol. The summed E-state index contributed by atoms with van der Waals surface area (Å²) in [4.78, 5) is 41.6. The highest BCUT2D eigenvalue weighted by atomic mass is 32.1. The number of benzene rings is 1. The second-order valence-electron chi connectivity index (χ2n) is 7.35. The number of allylic oxidation sites excluding steroid dienone is 1. The molecule has 182 valence electrons. The summed E-state index contributed by atoms with van der Waals surface area (Å²) in [5, 5.41) is 10.9. The standard InChI is InChI=1S/C23H21N3O8S/c1-5-33-22(28)19-12(2)24-23-25(20(19)13-6-8-15(31-3)16(10-13)32-4)21(27)17(35-23)11-14-7-9-18(34-14)26(29)30/h6-11,20H,5H2,1-4H3/b17-11-/t20-/m1/s1. The van der Waals surface area contributed by atoms with Crippen LogP contribution >= 0.6 is 11.3 Å². The fourth-order valence-electron chi connectivity index (χ4n) is 3.78. The van der Waals surface area contributed by atoms with Crippen molar-refractivity contribution in [3.8, 4) is 11.5 Å². The molecule has 0 saturated carbocycles. The second-order valence-corrected chi connectivity index (χ2v) is 8.36. The third kappa shape index (κ3) is 4.35. The van der Waals surface area contributed by atoms with E-state index in [1.807, 2.05) is 0 Å². The Morgan fingerprint density at radius 1 is 1.26 bits per heavy atom. The zero-order valence-electron chi connectivity index (χ0n) is 19.3. The number of methoxy groups -OCH3 is 2. The van der Waals surface area contributed by atoms with Crippen molar-refractivity contribution in [3.05, 3.63) is 82.7 Å². The van der Waals surface area contributed by atoms with E-state index in [0.717, 1.165) is 11.3 Å². The van der Waals surface area contributed by atoms with Crippen LogP contribution in [0.1, 0.15) is 31.2 Å². The average Bonchev–Trinajstić information content (AvgIpc) is 3.42. The van der Waals surface area contributed by atoms with E-state index >= 15 is 0 Å². The van der Waals surface area contributed by atoms with Gasteiger partial charge >= 0.3 is 11.9 Å². The Labute approximate surface area is 202 Å². The molecule has 0 N–H and O–H groups in total. The van der Waals surface area contributed by atoms with Gasteiger partial charge in [-0.1, -0.05) is 17.4 Å². The molecule has 0 spiro atoms. The predicted molar refractivity (Wildman–Crippen MR) is 125 cm³/mol. The van der Waals surface area contributed by atoms with E-state index in [1.54, 1.807) is 32.0 Å². The molecule has 4 rings (SSSR count). The van der Waals surface area contributed by atoms with Gasteiger partial charge in [-0.25, -0.2) is 9.79 Å². The van der Waals surface area contributed by atoms with Crippen molar-refractivity contribution in [1.29, 1.82) is 0 Å². The lowest BCUT2D eigenvalue weighted by Gasteiger charge is -2.25. The van der Waals surface area contributed by atoms with E-state index in [-0.39, 0.29) is 22.5 Å². The Morgan fingerprint density at radius 3 is 2.63 bits per heavy atom. The van der Waals surface area contributed by atoms with Gasteiger partial charge in [-0.2, -0.15) is 0 Å². The maximum atomic E-state index is 13.5. The normalized spacial score (nSPS) is 15.4. The SMILES string of the molecule is CCOC(=O)C1=C(C)N=c2s/c(=C\c3ccc([N+](=O)[O-])o3)c(=O)n2[C@@H]1c1ccc(OC)c(OC)c1. The number of rotatable bonds is 7. The van der Waals surface area contributed by atoms with Gasteiger partial charge in [0.05, 0.1) is 48.7 Å². The number of esters is 1. The molecule has 11 nitrogen and oxygen atoms in total. The molecule has 1 aliphatic rings. The average molecular weight is 500 g/mol. The van der Waals surface area contributed by atoms with E-state index in [2.05, 4.69) is 4.99 Å². The predicted octanol–water partition coefficient (Wildman–Crippen LogP) is 2.32. The topological polar surface area (TPSA) is 135 Å². The summed E-state index contributed by atoms with van der Waals surface area (Å²) < 4.78 is 22.8. The van der Waals surface area contributed by atoms with Crippen molar-refractivity contribution in [2.45, 2.75) is 19.9 Å². The summed E-state index contributed by atoms with van der Waals surface area (Å²) in [6.07, 6.45) is 1.41. The largest absolute Gasteiger partial charge is 0.493 e. The fourth-order valence-corrected chi connectivity index (χ4v) is 4.80. The Morgan fingerprint density at radius 2 is 2.00 bits per heavy atom. The molecular formula is C23H21N3O8S. The zero-order valence-corrected chi connectivity index (χ0v) is 20.1. The van der Waals surface area contributed by atoms with E-state index in [1.165, 1.54) is 37.0 Å². The minimum atomic E-state index is -0.849. The van der Waals surface area contributed by atoms with Crippen LogP contribution in [-0.4, -0.2) is 36.3 Å². The van der Waals surface area contributed by atoms with Gasteiger partial charge in [0.1, 0.15) is 10.7 Å². The molecule has 3 heterocycles. The Kier molecular flexibility index (Phi) is 6.56. The highest BCUT2D eigenvalue weighted by Crippen LogP contribution is 2.36. The highest BCUT2D eigenvalue weighted by Gasteiger charge is 2.34. The van der Waals surface area contributed by atoms with Crippen LogP contribution in [0.2, 0.25) is 0 Å². The maximum absolute atomic E-state index is 13.5. The van der Waals surface area contributed by atoms with Crippen LogP contribution in [0.25, 0.3) is 6.08 Å². The van der Waals surface area contributed by atoms with Gasteiger partial charge in [0, 0.05) is 6.08 Å². The fraction of sp³-hybridized carbons (Fsp3) is 0.261. The first-order valence-electron chi connectivity index (χ1n) is 10.4. The second kappa shape index (κ2) is 9.58. The third-order valence-electron chi connectivity index (χ3n) is 5.31. The number of nitrogens with zero attached hydrogens (tertiary/aromatic N) is 3. The first kappa shape index (κ1) is 24.0. The third-order valence-corrected chi connectivity index (χ3v) is 6.29. The molecule has 3 aromatic rings. The van der Waals surface area contributed by atoms with Gasteiger partial charge in [0.25, 0.3) is 5.56 Å². The van der Waals surface area contributed by atoms with Crippen LogP contribution in [-0.2, 0) is 9.53 Å². The quantitative estimate of drug-likeness (QED) is 0.275. The van der Waals surface area contributed by atoms with Gasteiger partial charge in [-0.3, -0.25) is 19.5 Å². The van der Waals surface area contributed by atoms with E-state index in [4.69, 9.17) is 18.6 Å². The summed E-state index contributed by atoms with van der Waals surface area (Å²) in [5.74, 6) is 0.0254. The number of ether oxygens (including phenoxy) is 3. The summed E-state index contributed by atoms with van der Waals surface area (Å²) in [7, 11) is 3.00. The van der Waals surface area contributed by atoms with Crippen LogP contribution in [0, 0.1) is 10.1 Å². The van der Waals surface area contributed by atoms with Crippen LogP contribution in [0.4, 0.5) is 5.88 Å². The lowest BCUT2D eigenvalue weighted by Crippen LogP contribution is -2.39. The number of carbonyl (C=O) groups is 1. The minimum Gasteiger partial charge on any atom is -0.493 e. The Hall–Kier alpha value is -4.19. The van der Waals surface area contributed by atoms with E-state index < -0.39 is 28.4 Å². The molecule has 12 heteroatoms. The van der Waals surface area contributed by atoms with Crippen molar-refractivity contribution in [2.75, 3.05) is 20.8 Å². The summed E-state index contributed by atoms with van der Waals surface area (Å²) in [6.45, 7) is 3.51. The lowest BCUT2D eigenvalue weighted by molar-refractivity contribution is -0.402. The van der Waals surface area contributed by atoms with Crippen LogP contribution in [0.3, 0.4) is 0 Å². The number of nitro groups is 1. The van der Waals surface area contributed by atoms with Crippen molar-refractivity contribution < 1.29 is 28.3 Å². The van der Waals surface area contributed by atoms with Crippen LogP contribution < -0.4 is 24.4 Å². The molecule has 1 aliphatic heterocycles. The molecule has 1 aromatic carbocycles. The molecule has 0 radical (unpaired) electrons. The van der Waals surface area contributed by atoms with Crippen molar-refractivity contribution in [1.82, 2.24) is 4.57 Å². The maximum Gasteiger partial charge on any atom is 0.433 e. The van der Waals surface area contributed by atoms with Gasteiger partial charge in [0.15, 0.2) is 16.3 Å². The number of fused-ring (bicyclic) bond motifs is 1. The molecule has 0 aliphatic carbocycles. The molecule has 35 heavy (non-hydrogen) atoms. The van der Waals surface area contributed by atoms with Crippen LogP contribution in [0.5, 0.6) is 11.5 Å². The summed E-state index contributed by atoms with van der Waals surface area (Å²) in [5.41, 5.74) is 0.763. The minimum absolute atomic E-state index is 0.144. The summed E-state index contributed by atoms with van der Waals surface area (Å²) >= 11 is 1.08. The Bertz CT molecular complexity index is 1530. The van der Waals surface area contributed by atoms with Crippen molar-refractivity contribution in [2.24, 2.45) is 4.99 Å². The van der Waals surface area contributed by atoms with Crippen LogP contribution in [0.15, 0.2) is 55.8 Å². The number of hydrogen-bond acceptors (Lipinski definition) is 10. The number of carbonyl (C=O) groups excluding carboxylic acids is 1. The Balaban J connectivity index is 1.95. The van der Waals surface area contributed by atoms with Gasteiger partial charge < -0.3 is 18.6 Å². The van der Waals surface area contributed by atoms with Crippen molar-refractivity contribution in [3.63, 3.8) is 0 Å². The number of thiazole rings is 1. The summed E-state index contributed by atoms with van der Waals surface area (Å²) in [6, 6.07) is 6.86. The molecule has 0 fully saturated rings. The molecule has 0 amide bonds. The molecule has 2 aromatic heterocycles. The smallest absolute Gasteiger partial charge is 0.433 e. The molecule has 0 unspecified atom stereocenters. The number of hydrogen-bond donors (Lipinski definition) is 0. The van der Waals surface area contributed by atoms with E-state index in [9.17, 15) is 19.7 Å². The molecule has 0 bridgehead atoms. The highest BCUT2D eigenvalue weighted by molar-refractivity contribution is 7.07. The lowest BCUT2D eigenvalue weighted by atomic mass is 9.95. The van der Waals surface area contributed by atoms with E-state index in [0.29, 0.717) is 27.6 Å². The first-order chi connectivity index (χ1) is 16.8. The van der Waals surface area contributed by atoms with Gasteiger partial charge in [0.2, 0.25) is 0 Å². The molecular weight excluding hydrogens is 478 g/mol. The first-order valence-corrected chi connectivity index (χ1v) is 11.3. The van der Waals surface area contributed by atoms with Gasteiger partial charge in [-0.05, 0) is 37.6 Å². The number of aromatic nitrogens is 1. The molecule has 0 saturated heterocycles. The number of furan rings is 1.